The van der Waals surface area contributed by atoms with Crippen LogP contribution in [0.15, 0.2) is 42.5 Å². The van der Waals surface area contributed by atoms with Crippen LogP contribution in [0, 0.1) is 5.82 Å². The van der Waals surface area contributed by atoms with Gasteiger partial charge in [-0.05, 0) is 34.9 Å². The summed E-state index contributed by atoms with van der Waals surface area (Å²) >= 11 is 0. The van der Waals surface area contributed by atoms with Crippen LogP contribution in [-0.4, -0.2) is 11.5 Å². The average molecular weight is 266 g/mol. The molecule has 0 atom stereocenters. The number of fused-ring (bicyclic) bond motifs is 3. The Morgan fingerprint density at radius 2 is 1.85 bits per heavy atom. The topological polar surface area (TPSA) is 27.8 Å². The number of halogens is 1. The van der Waals surface area contributed by atoms with E-state index in [1.54, 1.807) is 0 Å². The summed E-state index contributed by atoms with van der Waals surface area (Å²) in [4.78, 5) is 3.52. The lowest BCUT2D eigenvalue weighted by Crippen LogP contribution is -2.22. The van der Waals surface area contributed by atoms with Crippen molar-refractivity contribution in [3.8, 4) is 11.1 Å². The molecule has 3 heteroatoms. The molecule has 2 nitrogen and oxygen atoms in total. The Bertz CT molecular complexity index is 772. The van der Waals surface area contributed by atoms with Gasteiger partial charge in [-0.1, -0.05) is 24.3 Å². The average Bonchev–Trinajstić information content (AvgIpc) is 2.86. The van der Waals surface area contributed by atoms with Crippen LogP contribution in [0.5, 0.6) is 0 Å². The first-order valence-electron chi connectivity index (χ1n) is 6.92. The third kappa shape index (κ3) is 1.74. The molecule has 2 heterocycles. The Kier molecular flexibility index (Phi) is 2.60. The van der Waals surface area contributed by atoms with Gasteiger partial charge in [0.1, 0.15) is 5.82 Å². The molecule has 1 aromatic heterocycles. The Labute approximate surface area is 116 Å². The normalized spacial score (nSPS) is 14.4. The van der Waals surface area contributed by atoms with Gasteiger partial charge in [0.15, 0.2) is 0 Å². The van der Waals surface area contributed by atoms with Crippen molar-refractivity contribution >= 4 is 10.9 Å². The monoisotopic (exact) mass is 266 g/mol. The maximum atomic E-state index is 13.1. The summed E-state index contributed by atoms with van der Waals surface area (Å²) in [5.41, 5.74) is 6.08. The SMILES string of the molecule is Fc1ccc(-c2cccc3[nH]c4c(c23)CNCC4)cc1. The highest BCUT2D eigenvalue weighted by atomic mass is 19.1. The highest BCUT2D eigenvalue weighted by Crippen LogP contribution is 2.34. The Morgan fingerprint density at radius 3 is 2.70 bits per heavy atom. The fourth-order valence-electron chi connectivity index (χ4n) is 3.08. The summed E-state index contributed by atoms with van der Waals surface area (Å²) in [5.74, 6) is -0.196. The fourth-order valence-corrected chi connectivity index (χ4v) is 3.08. The summed E-state index contributed by atoms with van der Waals surface area (Å²) in [6.07, 6.45) is 1.03. The molecule has 0 saturated carbocycles. The number of hydrogen-bond acceptors (Lipinski definition) is 1. The third-order valence-corrected chi connectivity index (χ3v) is 4.02. The van der Waals surface area contributed by atoms with E-state index in [1.165, 1.54) is 39.9 Å². The molecule has 0 amide bonds. The van der Waals surface area contributed by atoms with Gasteiger partial charge in [-0.2, -0.15) is 0 Å². The van der Waals surface area contributed by atoms with Crippen LogP contribution in [0.25, 0.3) is 22.0 Å². The molecule has 20 heavy (non-hydrogen) atoms. The summed E-state index contributed by atoms with van der Waals surface area (Å²) in [5, 5.41) is 4.69. The van der Waals surface area contributed by atoms with Gasteiger partial charge in [0.25, 0.3) is 0 Å². The Hall–Kier alpha value is -2.13. The predicted octanol–water partition coefficient (Wildman–Crippen LogP) is 3.62. The van der Waals surface area contributed by atoms with E-state index in [4.69, 9.17) is 0 Å². The zero-order valence-corrected chi connectivity index (χ0v) is 11.0. The third-order valence-electron chi connectivity index (χ3n) is 4.02. The van der Waals surface area contributed by atoms with Crippen molar-refractivity contribution in [1.82, 2.24) is 10.3 Å². The lowest BCUT2D eigenvalue weighted by atomic mass is 9.97. The molecule has 0 unspecified atom stereocenters. The maximum Gasteiger partial charge on any atom is 0.123 e. The zero-order chi connectivity index (χ0) is 13.5. The van der Waals surface area contributed by atoms with Gasteiger partial charge in [0.2, 0.25) is 0 Å². The standard InChI is InChI=1S/C17H15FN2/c18-12-6-4-11(5-7-12)13-2-1-3-16-17(13)14-10-19-9-8-15(14)20-16/h1-7,19-20H,8-10H2. The first-order valence-corrected chi connectivity index (χ1v) is 6.92. The van der Waals surface area contributed by atoms with Crippen molar-refractivity contribution in [3.05, 3.63) is 59.5 Å². The van der Waals surface area contributed by atoms with E-state index in [0.29, 0.717) is 0 Å². The van der Waals surface area contributed by atoms with Crippen molar-refractivity contribution < 1.29 is 4.39 Å². The molecule has 1 aliphatic heterocycles. The summed E-state index contributed by atoms with van der Waals surface area (Å²) in [6, 6.07) is 13.0. The molecule has 0 fully saturated rings. The first kappa shape index (κ1) is 11.7. The quantitative estimate of drug-likeness (QED) is 0.691. The van der Waals surface area contributed by atoms with Crippen LogP contribution < -0.4 is 5.32 Å². The molecule has 0 bridgehead atoms. The molecule has 3 aromatic rings. The van der Waals surface area contributed by atoms with Crippen molar-refractivity contribution in [2.45, 2.75) is 13.0 Å². The highest BCUT2D eigenvalue weighted by molar-refractivity contribution is 5.98. The van der Waals surface area contributed by atoms with Crippen LogP contribution in [-0.2, 0) is 13.0 Å². The lowest BCUT2D eigenvalue weighted by molar-refractivity contribution is 0.628. The molecule has 0 saturated heterocycles. The molecule has 0 spiro atoms. The van der Waals surface area contributed by atoms with E-state index in [2.05, 4.69) is 28.5 Å². The van der Waals surface area contributed by atoms with E-state index in [-0.39, 0.29) is 5.82 Å². The predicted molar refractivity (Wildman–Crippen MR) is 79.1 cm³/mol. The van der Waals surface area contributed by atoms with Gasteiger partial charge < -0.3 is 10.3 Å². The van der Waals surface area contributed by atoms with Crippen molar-refractivity contribution in [2.24, 2.45) is 0 Å². The minimum absolute atomic E-state index is 0.196. The minimum Gasteiger partial charge on any atom is -0.358 e. The molecular weight excluding hydrogens is 251 g/mol. The van der Waals surface area contributed by atoms with Gasteiger partial charge in [0.05, 0.1) is 0 Å². The van der Waals surface area contributed by atoms with Crippen LogP contribution in [0.1, 0.15) is 11.3 Å². The minimum atomic E-state index is -0.196. The molecule has 1 aliphatic rings. The second-order valence-corrected chi connectivity index (χ2v) is 5.24. The van der Waals surface area contributed by atoms with Crippen LogP contribution in [0.2, 0.25) is 0 Å². The summed E-state index contributed by atoms with van der Waals surface area (Å²) < 4.78 is 13.1. The number of aromatic nitrogens is 1. The molecule has 4 rings (SSSR count). The number of rotatable bonds is 1. The molecule has 100 valence electrons. The number of aromatic amines is 1. The van der Waals surface area contributed by atoms with Crippen molar-refractivity contribution in [3.63, 3.8) is 0 Å². The van der Waals surface area contributed by atoms with Gasteiger partial charge in [0, 0.05) is 36.1 Å². The van der Waals surface area contributed by atoms with E-state index in [1.807, 2.05) is 12.1 Å². The van der Waals surface area contributed by atoms with Crippen LogP contribution >= 0.6 is 0 Å². The summed E-state index contributed by atoms with van der Waals surface area (Å²) in [7, 11) is 0. The Balaban J connectivity index is 1.99. The van der Waals surface area contributed by atoms with Gasteiger partial charge >= 0.3 is 0 Å². The van der Waals surface area contributed by atoms with Crippen LogP contribution in [0.3, 0.4) is 0 Å². The van der Waals surface area contributed by atoms with E-state index < -0.39 is 0 Å². The first-order chi connectivity index (χ1) is 9.83. The largest absolute Gasteiger partial charge is 0.358 e. The van der Waals surface area contributed by atoms with E-state index >= 15 is 0 Å². The number of benzene rings is 2. The molecule has 2 aromatic carbocycles. The lowest BCUT2D eigenvalue weighted by Gasteiger charge is -2.14. The van der Waals surface area contributed by atoms with Gasteiger partial charge in [-0.15, -0.1) is 0 Å². The van der Waals surface area contributed by atoms with Gasteiger partial charge in [-0.3, -0.25) is 0 Å². The number of nitrogens with one attached hydrogen (secondary N) is 2. The second-order valence-electron chi connectivity index (χ2n) is 5.24. The summed E-state index contributed by atoms with van der Waals surface area (Å²) in [6.45, 7) is 1.92. The second kappa shape index (κ2) is 4.46. The highest BCUT2D eigenvalue weighted by Gasteiger charge is 2.17. The number of H-pyrrole nitrogens is 1. The molecule has 0 radical (unpaired) electrons. The fraction of sp³-hybridized carbons (Fsp3) is 0.176. The van der Waals surface area contributed by atoms with Crippen molar-refractivity contribution in [2.75, 3.05) is 6.54 Å². The molecule has 2 N–H and O–H groups in total. The number of hydrogen-bond donors (Lipinski definition) is 2. The maximum absolute atomic E-state index is 13.1. The molecule has 0 aliphatic carbocycles. The zero-order valence-electron chi connectivity index (χ0n) is 11.0. The van der Waals surface area contributed by atoms with Gasteiger partial charge in [-0.25, -0.2) is 4.39 Å². The van der Waals surface area contributed by atoms with Crippen LogP contribution in [0.4, 0.5) is 4.39 Å². The van der Waals surface area contributed by atoms with E-state index in [9.17, 15) is 4.39 Å². The van der Waals surface area contributed by atoms with Crippen molar-refractivity contribution in [1.29, 1.82) is 0 Å². The Morgan fingerprint density at radius 1 is 1.00 bits per heavy atom. The molecular formula is C17H15FN2. The smallest absolute Gasteiger partial charge is 0.123 e. The van der Waals surface area contributed by atoms with E-state index in [0.717, 1.165) is 25.1 Å².